The summed E-state index contributed by atoms with van der Waals surface area (Å²) in [5, 5.41) is 6.97. The van der Waals surface area contributed by atoms with E-state index in [1.807, 2.05) is 0 Å². The topological polar surface area (TPSA) is 70.5 Å². The minimum absolute atomic E-state index is 0.134. The first-order valence-corrected chi connectivity index (χ1v) is 4.61. The van der Waals surface area contributed by atoms with Crippen LogP contribution in [0, 0.1) is 5.41 Å². The molecular formula is C9H16N2O3. The van der Waals surface area contributed by atoms with E-state index in [0.29, 0.717) is 13.0 Å². The van der Waals surface area contributed by atoms with E-state index in [4.69, 9.17) is 10.1 Å². The van der Waals surface area contributed by atoms with Crippen molar-refractivity contribution >= 4 is 18.2 Å². The Morgan fingerprint density at radius 2 is 2.07 bits per heavy atom. The molecule has 0 atom stereocenters. The van der Waals surface area contributed by atoms with E-state index >= 15 is 0 Å². The average Bonchev–Trinajstić information content (AvgIpc) is 2.18. The van der Waals surface area contributed by atoms with Gasteiger partial charge in [0.25, 0.3) is 0 Å². The molecule has 0 saturated heterocycles. The third kappa shape index (κ3) is 4.59. The lowest BCUT2D eigenvalue weighted by atomic mass is 10.3. The molecular weight excluding hydrogens is 184 g/mol. The normalized spacial score (nSPS) is 9.29. The van der Waals surface area contributed by atoms with Crippen LogP contribution in [0.25, 0.3) is 0 Å². The van der Waals surface area contributed by atoms with Gasteiger partial charge in [-0.05, 0) is 6.92 Å². The molecule has 0 radical (unpaired) electrons. The second-order valence-electron chi connectivity index (χ2n) is 2.62. The van der Waals surface area contributed by atoms with Gasteiger partial charge in [0.1, 0.15) is 0 Å². The van der Waals surface area contributed by atoms with Crippen LogP contribution in [0.15, 0.2) is 0 Å². The van der Waals surface area contributed by atoms with Crippen LogP contribution in [0.3, 0.4) is 0 Å². The summed E-state index contributed by atoms with van der Waals surface area (Å²) >= 11 is 0. The smallest absolute Gasteiger partial charge is 0.307 e. The van der Waals surface area contributed by atoms with Gasteiger partial charge >= 0.3 is 5.97 Å². The molecule has 0 aromatic rings. The van der Waals surface area contributed by atoms with Crippen molar-refractivity contribution in [3.8, 4) is 0 Å². The zero-order chi connectivity index (χ0) is 11.0. The number of nitrogens with one attached hydrogen (secondary N) is 1. The summed E-state index contributed by atoms with van der Waals surface area (Å²) in [6.07, 6.45) is 1.40. The molecule has 0 unspecified atom stereocenters. The van der Waals surface area contributed by atoms with Gasteiger partial charge in [0, 0.05) is 13.0 Å². The van der Waals surface area contributed by atoms with Crippen LogP contribution in [-0.4, -0.2) is 36.3 Å². The molecule has 1 amide bonds. The number of hydrogen-bond donors (Lipinski definition) is 1. The van der Waals surface area contributed by atoms with E-state index in [2.05, 4.69) is 0 Å². The summed E-state index contributed by atoms with van der Waals surface area (Å²) < 4.78 is 4.70. The number of hydrogen-bond acceptors (Lipinski definition) is 4. The Bertz CT molecular complexity index is 216. The fraction of sp³-hybridized carbons (Fsp3) is 0.667. The highest BCUT2D eigenvalue weighted by Crippen LogP contribution is 1.94. The van der Waals surface area contributed by atoms with E-state index in [-0.39, 0.29) is 24.8 Å². The Morgan fingerprint density at radius 3 is 2.50 bits per heavy atom. The number of amides is 1. The van der Waals surface area contributed by atoms with Gasteiger partial charge in [-0.1, -0.05) is 6.92 Å². The molecule has 0 saturated carbocycles. The van der Waals surface area contributed by atoms with E-state index < -0.39 is 0 Å². The van der Waals surface area contributed by atoms with Crippen LogP contribution >= 0.6 is 0 Å². The molecule has 14 heavy (non-hydrogen) atoms. The molecule has 0 rings (SSSR count). The summed E-state index contributed by atoms with van der Waals surface area (Å²) in [7, 11) is 0. The van der Waals surface area contributed by atoms with E-state index in [1.165, 1.54) is 4.90 Å². The van der Waals surface area contributed by atoms with Gasteiger partial charge in [-0.3, -0.25) is 15.0 Å². The predicted octanol–water partition coefficient (Wildman–Crippen LogP) is 0.785. The Balaban J connectivity index is 3.89. The van der Waals surface area contributed by atoms with Gasteiger partial charge in [0.15, 0.2) is 0 Å². The maximum atomic E-state index is 11.1. The number of rotatable bonds is 6. The van der Waals surface area contributed by atoms with Crippen molar-refractivity contribution in [2.75, 3.05) is 13.2 Å². The Morgan fingerprint density at radius 1 is 1.43 bits per heavy atom. The molecule has 0 heterocycles. The van der Waals surface area contributed by atoms with Crippen molar-refractivity contribution in [3.05, 3.63) is 0 Å². The predicted molar refractivity (Wildman–Crippen MR) is 52.0 cm³/mol. The van der Waals surface area contributed by atoms with Gasteiger partial charge < -0.3 is 9.64 Å². The lowest BCUT2D eigenvalue weighted by molar-refractivity contribution is -0.143. The Hall–Kier alpha value is -1.39. The van der Waals surface area contributed by atoms with Crippen molar-refractivity contribution in [2.24, 2.45) is 0 Å². The number of ether oxygens (including phenoxy) is 1. The maximum absolute atomic E-state index is 11.1. The molecule has 5 nitrogen and oxygen atoms in total. The standard InChI is InChI=1S/C9H16N2O3/c1-3-8(12)11(7-10)6-5-9(13)14-4-2/h7,10H,3-6H2,1-2H3. The molecule has 0 aliphatic carbocycles. The molecule has 80 valence electrons. The lowest BCUT2D eigenvalue weighted by Crippen LogP contribution is -2.31. The van der Waals surface area contributed by atoms with Crippen molar-refractivity contribution < 1.29 is 14.3 Å². The van der Waals surface area contributed by atoms with Crippen molar-refractivity contribution in [3.63, 3.8) is 0 Å². The van der Waals surface area contributed by atoms with E-state index in [0.717, 1.165) is 6.34 Å². The van der Waals surface area contributed by atoms with Crippen LogP contribution in [0.2, 0.25) is 0 Å². The highest BCUT2D eigenvalue weighted by atomic mass is 16.5. The highest BCUT2D eigenvalue weighted by molar-refractivity contribution is 5.87. The molecule has 0 spiro atoms. The fourth-order valence-corrected chi connectivity index (χ4v) is 0.909. The first-order chi connectivity index (χ1) is 6.65. The van der Waals surface area contributed by atoms with Crippen LogP contribution in [-0.2, 0) is 14.3 Å². The fourth-order valence-electron chi connectivity index (χ4n) is 0.909. The van der Waals surface area contributed by atoms with Crippen LogP contribution < -0.4 is 0 Å². The zero-order valence-corrected chi connectivity index (χ0v) is 8.58. The molecule has 0 aromatic heterocycles. The van der Waals surface area contributed by atoms with Gasteiger partial charge in [-0.2, -0.15) is 0 Å². The molecule has 0 aliphatic rings. The monoisotopic (exact) mass is 200 g/mol. The molecule has 0 bridgehead atoms. The van der Waals surface area contributed by atoms with Gasteiger partial charge in [-0.15, -0.1) is 0 Å². The van der Waals surface area contributed by atoms with Gasteiger partial charge in [0.2, 0.25) is 5.91 Å². The molecule has 0 aromatic carbocycles. The van der Waals surface area contributed by atoms with Crippen LogP contribution in [0.1, 0.15) is 26.7 Å². The summed E-state index contributed by atoms with van der Waals surface area (Å²) in [4.78, 5) is 23.3. The van der Waals surface area contributed by atoms with E-state index in [1.54, 1.807) is 13.8 Å². The summed E-state index contributed by atoms with van der Waals surface area (Å²) in [6.45, 7) is 3.99. The first-order valence-electron chi connectivity index (χ1n) is 4.61. The van der Waals surface area contributed by atoms with Crippen LogP contribution in [0.5, 0.6) is 0 Å². The number of carbonyl (C=O) groups is 2. The second kappa shape index (κ2) is 7.06. The highest BCUT2D eigenvalue weighted by Gasteiger charge is 2.10. The maximum Gasteiger partial charge on any atom is 0.307 e. The summed E-state index contributed by atoms with van der Waals surface area (Å²) in [6, 6.07) is 0. The SMILES string of the molecule is CCOC(=O)CCN(C=N)C(=O)CC. The Labute approximate surface area is 83.5 Å². The molecule has 0 fully saturated rings. The number of esters is 1. The van der Waals surface area contributed by atoms with Crippen molar-refractivity contribution in [2.45, 2.75) is 26.7 Å². The minimum Gasteiger partial charge on any atom is -0.466 e. The molecule has 0 aliphatic heterocycles. The largest absolute Gasteiger partial charge is 0.466 e. The molecule has 5 heteroatoms. The minimum atomic E-state index is -0.344. The number of carbonyl (C=O) groups excluding carboxylic acids is 2. The van der Waals surface area contributed by atoms with Crippen molar-refractivity contribution in [1.82, 2.24) is 4.90 Å². The lowest BCUT2D eigenvalue weighted by Gasteiger charge is -2.14. The summed E-state index contributed by atoms with van der Waals surface area (Å²) in [5.41, 5.74) is 0. The number of nitrogens with zero attached hydrogens (tertiary/aromatic N) is 1. The zero-order valence-electron chi connectivity index (χ0n) is 8.58. The van der Waals surface area contributed by atoms with Crippen molar-refractivity contribution in [1.29, 1.82) is 5.41 Å². The van der Waals surface area contributed by atoms with E-state index in [9.17, 15) is 9.59 Å². The summed E-state index contributed by atoms with van der Waals surface area (Å²) in [5.74, 6) is -0.507. The Kier molecular flexibility index (Phi) is 6.36. The van der Waals surface area contributed by atoms with Gasteiger partial charge in [-0.25, -0.2) is 0 Å². The van der Waals surface area contributed by atoms with Crippen LogP contribution in [0.4, 0.5) is 0 Å². The average molecular weight is 200 g/mol. The third-order valence-electron chi connectivity index (χ3n) is 1.64. The quantitative estimate of drug-likeness (QED) is 0.391. The first kappa shape index (κ1) is 12.6. The molecule has 1 N–H and O–H groups in total. The van der Waals surface area contributed by atoms with Gasteiger partial charge in [0.05, 0.1) is 19.4 Å². The second-order valence-corrected chi connectivity index (χ2v) is 2.62. The third-order valence-corrected chi connectivity index (χ3v) is 1.64.